The van der Waals surface area contributed by atoms with Crippen LogP contribution in [0.25, 0.3) is 0 Å². The predicted octanol–water partition coefficient (Wildman–Crippen LogP) is 4.32. The minimum atomic E-state index is -1.62. The third kappa shape index (κ3) is 2.77. The van der Waals surface area contributed by atoms with E-state index in [-0.39, 0.29) is 5.56 Å². The van der Waals surface area contributed by atoms with Crippen molar-refractivity contribution in [2.75, 3.05) is 5.32 Å². The van der Waals surface area contributed by atoms with E-state index in [0.29, 0.717) is 28.4 Å². The number of anilines is 1. The van der Waals surface area contributed by atoms with E-state index in [4.69, 9.17) is 11.6 Å². The van der Waals surface area contributed by atoms with Crippen molar-refractivity contribution in [3.05, 3.63) is 63.9 Å². The fourth-order valence-electron chi connectivity index (χ4n) is 1.66. The van der Waals surface area contributed by atoms with Crippen molar-refractivity contribution >= 4 is 23.2 Å². The quantitative estimate of drug-likeness (QED) is 0.822. The molecule has 0 fully saturated rings. The summed E-state index contributed by atoms with van der Waals surface area (Å²) in [4.78, 5) is 11.9. The Balaban J connectivity index is 2.34. The lowest BCUT2D eigenvalue weighted by Gasteiger charge is -2.10. The van der Waals surface area contributed by atoms with Gasteiger partial charge in [-0.15, -0.1) is 0 Å². The third-order valence-corrected chi connectivity index (χ3v) is 3.02. The molecule has 0 saturated heterocycles. The van der Waals surface area contributed by atoms with Crippen molar-refractivity contribution in [3.63, 3.8) is 0 Å². The van der Waals surface area contributed by atoms with Gasteiger partial charge in [-0.3, -0.25) is 4.79 Å². The van der Waals surface area contributed by atoms with Crippen molar-refractivity contribution in [2.45, 2.75) is 6.92 Å². The molecule has 1 amide bonds. The minimum Gasteiger partial charge on any atom is -0.320 e. The molecule has 0 heterocycles. The van der Waals surface area contributed by atoms with Crippen LogP contribution in [0.3, 0.4) is 0 Å². The van der Waals surface area contributed by atoms with E-state index in [9.17, 15) is 18.0 Å². The first-order valence-electron chi connectivity index (χ1n) is 5.61. The number of benzene rings is 2. The Morgan fingerprint density at radius 1 is 1.15 bits per heavy atom. The number of rotatable bonds is 2. The number of carbonyl (C=O) groups is 1. The highest BCUT2D eigenvalue weighted by atomic mass is 35.5. The standard InChI is InChI=1S/C14H9ClF3NO/c1-7-3-2-4-9(15)13(7)19-14(20)8-5-10(16)12(18)11(17)6-8/h2-6H,1H3,(H,19,20). The summed E-state index contributed by atoms with van der Waals surface area (Å²) in [5.74, 6) is -5.24. The number of carbonyl (C=O) groups excluding carboxylic acids is 1. The number of amides is 1. The molecule has 6 heteroatoms. The molecule has 20 heavy (non-hydrogen) atoms. The molecule has 0 aliphatic rings. The van der Waals surface area contributed by atoms with E-state index >= 15 is 0 Å². The van der Waals surface area contributed by atoms with E-state index in [2.05, 4.69) is 5.32 Å². The molecular formula is C14H9ClF3NO. The van der Waals surface area contributed by atoms with Crippen molar-refractivity contribution in [1.82, 2.24) is 0 Å². The Kier molecular flexibility index (Phi) is 3.99. The van der Waals surface area contributed by atoms with Gasteiger partial charge in [-0.1, -0.05) is 23.7 Å². The average Bonchev–Trinajstić information content (AvgIpc) is 2.39. The summed E-state index contributed by atoms with van der Waals surface area (Å²) >= 11 is 5.93. The second kappa shape index (κ2) is 5.54. The lowest BCUT2D eigenvalue weighted by molar-refractivity contribution is 0.102. The van der Waals surface area contributed by atoms with Crippen LogP contribution in [0.15, 0.2) is 30.3 Å². The third-order valence-electron chi connectivity index (χ3n) is 2.71. The lowest BCUT2D eigenvalue weighted by atomic mass is 10.1. The molecule has 0 saturated carbocycles. The van der Waals surface area contributed by atoms with E-state index < -0.39 is 23.4 Å². The summed E-state index contributed by atoms with van der Waals surface area (Å²) in [5.41, 5.74) is 0.693. The Morgan fingerprint density at radius 3 is 2.30 bits per heavy atom. The van der Waals surface area contributed by atoms with Gasteiger partial charge in [0.25, 0.3) is 5.91 Å². The predicted molar refractivity (Wildman–Crippen MR) is 70.5 cm³/mol. The number of aryl methyl sites for hydroxylation is 1. The molecule has 0 radical (unpaired) electrons. The minimum absolute atomic E-state index is 0.293. The largest absolute Gasteiger partial charge is 0.320 e. The van der Waals surface area contributed by atoms with Gasteiger partial charge in [-0.25, -0.2) is 13.2 Å². The van der Waals surface area contributed by atoms with Gasteiger partial charge in [0.15, 0.2) is 17.5 Å². The molecule has 104 valence electrons. The van der Waals surface area contributed by atoms with Crippen LogP contribution < -0.4 is 5.32 Å². The van der Waals surface area contributed by atoms with Gasteiger partial charge in [-0.2, -0.15) is 0 Å². The van der Waals surface area contributed by atoms with Crippen molar-refractivity contribution in [1.29, 1.82) is 0 Å². The van der Waals surface area contributed by atoms with Crippen molar-refractivity contribution < 1.29 is 18.0 Å². The van der Waals surface area contributed by atoms with E-state index in [1.165, 1.54) is 0 Å². The van der Waals surface area contributed by atoms with Crippen molar-refractivity contribution in [2.24, 2.45) is 0 Å². The van der Waals surface area contributed by atoms with Gasteiger partial charge in [0.1, 0.15) is 0 Å². The zero-order valence-corrected chi connectivity index (χ0v) is 11.1. The van der Waals surface area contributed by atoms with Crippen LogP contribution in [0.1, 0.15) is 15.9 Å². The van der Waals surface area contributed by atoms with Gasteiger partial charge in [0, 0.05) is 5.56 Å². The van der Waals surface area contributed by atoms with Gasteiger partial charge in [0.05, 0.1) is 10.7 Å². The highest BCUT2D eigenvalue weighted by molar-refractivity contribution is 6.34. The number of para-hydroxylation sites is 1. The summed E-state index contributed by atoms with van der Waals surface area (Å²) in [6.45, 7) is 1.72. The smallest absolute Gasteiger partial charge is 0.255 e. The van der Waals surface area contributed by atoms with Crippen LogP contribution in [0, 0.1) is 24.4 Å². The Labute approximate surface area is 118 Å². The molecule has 2 aromatic rings. The lowest BCUT2D eigenvalue weighted by Crippen LogP contribution is -2.14. The Hall–Kier alpha value is -2.01. The summed E-state index contributed by atoms with van der Waals surface area (Å²) in [6, 6.07) is 6.23. The summed E-state index contributed by atoms with van der Waals surface area (Å²) in [6.07, 6.45) is 0. The summed E-state index contributed by atoms with van der Waals surface area (Å²) in [7, 11) is 0. The number of hydrogen-bond acceptors (Lipinski definition) is 1. The zero-order valence-electron chi connectivity index (χ0n) is 10.3. The first kappa shape index (κ1) is 14.4. The topological polar surface area (TPSA) is 29.1 Å². The second-order valence-corrected chi connectivity index (χ2v) is 4.55. The fourth-order valence-corrected chi connectivity index (χ4v) is 1.93. The van der Waals surface area contributed by atoms with Crippen LogP contribution in [0.4, 0.5) is 18.9 Å². The molecule has 0 bridgehead atoms. The van der Waals surface area contributed by atoms with Crippen LogP contribution in [0.2, 0.25) is 5.02 Å². The second-order valence-electron chi connectivity index (χ2n) is 4.14. The fraction of sp³-hybridized carbons (Fsp3) is 0.0714. The SMILES string of the molecule is Cc1cccc(Cl)c1NC(=O)c1cc(F)c(F)c(F)c1. The van der Waals surface area contributed by atoms with Gasteiger partial charge in [0.2, 0.25) is 0 Å². The molecule has 2 rings (SSSR count). The zero-order chi connectivity index (χ0) is 14.9. The van der Waals surface area contributed by atoms with E-state index in [1.807, 2.05) is 0 Å². The van der Waals surface area contributed by atoms with Crippen LogP contribution in [0.5, 0.6) is 0 Å². The van der Waals surface area contributed by atoms with Gasteiger partial charge < -0.3 is 5.32 Å². The van der Waals surface area contributed by atoms with Crippen LogP contribution in [-0.4, -0.2) is 5.91 Å². The highest BCUT2D eigenvalue weighted by Gasteiger charge is 2.16. The molecule has 2 nitrogen and oxygen atoms in total. The van der Waals surface area contributed by atoms with Crippen molar-refractivity contribution in [3.8, 4) is 0 Å². The highest BCUT2D eigenvalue weighted by Crippen LogP contribution is 2.26. The maximum atomic E-state index is 13.1. The maximum absolute atomic E-state index is 13.1. The van der Waals surface area contributed by atoms with Crippen LogP contribution in [-0.2, 0) is 0 Å². The number of halogens is 4. The molecule has 0 unspecified atom stereocenters. The Bertz CT molecular complexity index is 645. The number of nitrogens with one attached hydrogen (secondary N) is 1. The summed E-state index contributed by atoms with van der Waals surface area (Å²) in [5, 5.41) is 2.73. The molecule has 0 spiro atoms. The molecule has 0 atom stereocenters. The molecule has 1 N–H and O–H groups in total. The maximum Gasteiger partial charge on any atom is 0.255 e. The monoisotopic (exact) mass is 299 g/mol. The average molecular weight is 300 g/mol. The van der Waals surface area contributed by atoms with Gasteiger partial charge in [-0.05, 0) is 30.7 Å². The number of hydrogen-bond donors (Lipinski definition) is 1. The molecule has 0 aliphatic carbocycles. The first-order chi connectivity index (χ1) is 9.40. The first-order valence-corrected chi connectivity index (χ1v) is 5.99. The van der Waals surface area contributed by atoms with E-state index in [0.717, 1.165) is 0 Å². The normalized spacial score (nSPS) is 10.4. The molecular weight excluding hydrogens is 291 g/mol. The molecule has 2 aromatic carbocycles. The Morgan fingerprint density at radius 2 is 1.75 bits per heavy atom. The molecule has 0 aromatic heterocycles. The molecule has 0 aliphatic heterocycles. The van der Waals surface area contributed by atoms with E-state index in [1.54, 1.807) is 25.1 Å². The van der Waals surface area contributed by atoms with Gasteiger partial charge >= 0.3 is 0 Å². The summed E-state index contributed by atoms with van der Waals surface area (Å²) < 4.78 is 39.0. The van der Waals surface area contributed by atoms with Crippen LogP contribution >= 0.6 is 11.6 Å².